The molecule has 0 aliphatic carbocycles. The molecular formula is C13H20Br2N2. The average Bonchev–Trinajstić information content (AvgIpc) is 2.33. The van der Waals surface area contributed by atoms with E-state index in [-0.39, 0.29) is 0 Å². The lowest BCUT2D eigenvalue weighted by molar-refractivity contribution is 0.563. The van der Waals surface area contributed by atoms with Crippen molar-refractivity contribution in [2.45, 2.75) is 39.7 Å². The normalized spacial score (nSPS) is 10.9. The zero-order valence-electron chi connectivity index (χ0n) is 10.7. The first-order chi connectivity index (χ1) is 8.13. The number of aromatic nitrogens is 1. The van der Waals surface area contributed by atoms with Gasteiger partial charge in [-0.2, -0.15) is 0 Å². The third-order valence-electron chi connectivity index (χ3n) is 3.01. The first-order valence-electron chi connectivity index (χ1n) is 6.09. The second-order valence-corrected chi connectivity index (χ2v) is 5.74. The molecule has 0 amide bonds. The number of nitrogens with zero attached hydrogens (tertiary/aromatic N) is 2. The molecule has 0 radical (unpaired) electrons. The number of anilines is 1. The van der Waals surface area contributed by atoms with Crippen LogP contribution < -0.4 is 4.90 Å². The Morgan fingerprint density at radius 3 is 2.41 bits per heavy atom. The second-order valence-electron chi connectivity index (χ2n) is 4.09. The quantitative estimate of drug-likeness (QED) is 0.689. The maximum atomic E-state index is 4.67. The van der Waals surface area contributed by atoms with E-state index in [0.717, 1.165) is 40.7 Å². The lowest BCUT2D eigenvalue weighted by Gasteiger charge is -2.31. The molecule has 0 atom stereocenters. The average molecular weight is 364 g/mol. The Kier molecular flexibility index (Phi) is 6.49. The molecule has 0 bridgehead atoms. The van der Waals surface area contributed by atoms with E-state index in [1.807, 2.05) is 6.92 Å². The fourth-order valence-corrected chi connectivity index (χ4v) is 2.60. The Bertz CT molecular complexity index is 351. The standard InChI is InChI=1S/C13H20Br2N2/c1-4-11(5-2)17(9-8-14)13-7-6-12(15)10(3)16-13/h6-7,11H,4-5,8-9H2,1-3H3. The van der Waals surface area contributed by atoms with E-state index in [4.69, 9.17) is 0 Å². The number of hydrogen-bond acceptors (Lipinski definition) is 2. The zero-order valence-corrected chi connectivity index (χ0v) is 13.9. The van der Waals surface area contributed by atoms with Crippen LogP contribution in [0.5, 0.6) is 0 Å². The Morgan fingerprint density at radius 1 is 1.29 bits per heavy atom. The van der Waals surface area contributed by atoms with Crippen LogP contribution in [0, 0.1) is 6.92 Å². The molecule has 17 heavy (non-hydrogen) atoms. The Balaban J connectivity index is 2.99. The lowest BCUT2D eigenvalue weighted by Crippen LogP contribution is -2.36. The van der Waals surface area contributed by atoms with Gasteiger partial charge in [0.05, 0.1) is 5.69 Å². The summed E-state index contributed by atoms with van der Waals surface area (Å²) in [4.78, 5) is 7.06. The predicted molar refractivity (Wildman–Crippen MR) is 82.2 cm³/mol. The van der Waals surface area contributed by atoms with E-state index in [9.17, 15) is 0 Å². The minimum absolute atomic E-state index is 0.570. The minimum Gasteiger partial charge on any atom is -0.353 e. The molecule has 2 nitrogen and oxygen atoms in total. The van der Waals surface area contributed by atoms with Crippen LogP contribution in [0.3, 0.4) is 0 Å². The van der Waals surface area contributed by atoms with Crippen LogP contribution in [-0.2, 0) is 0 Å². The summed E-state index contributed by atoms with van der Waals surface area (Å²) < 4.78 is 1.07. The van der Waals surface area contributed by atoms with Crippen molar-refractivity contribution in [1.82, 2.24) is 4.98 Å². The Morgan fingerprint density at radius 2 is 1.94 bits per heavy atom. The highest BCUT2D eigenvalue weighted by molar-refractivity contribution is 9.10. The van der Waals surface area contributed by atoms with Gasteiger partial charge in [-0.3, -0.25) is 0 Å². The van der Waals surface area contributed by atoms with Gasteiger partial charge in [0.1, 0.15) is 5.82 Å². The van der Waals surface area contributed by atoms with E-state index >= 15 is 0 Å². The number of pyridine rings is 1. The maximum absolute atomic E-state index is 4.67. The molecule has 1 heterocycles. The van der Waals surface area contributed by atoms with Crippen LogP contribution in [0.25, 0.3) is 0 Å². The molecular weight excluding hydrogens is 344 g/mol. The Labute approximate surface area is 121 Å². The van der Waals surface area contributed by atoms with Crippen molar-refractivity contribution in [1.29, 1.82) is 0 Å². The predicted octanol–water partition coefficient (Wildman–Crippen LogP) is 4.54. The summed E-state index contributed by atoms with van der Waals surface area (Å²) >= 11 is 7.03. The fourth-order valence-electron chi connectivity index (χ4n) is 2.00. The molecule has 1 aromatic rings. The SMILES string of the molecule is CCC(CC)N(CCBr)c1ccc(Br)c(C)n1. The van der Waals surface area contributed by atoms with Gasteiger partial charge < -0.3 is 4.90 Å². The topological polar surface area (TPSA) is 16.1 Å². The fraction of sp³-hybridized carbons (Fsp3) is 0.615. The van der Waals surface area contributed by atoms with Crippen LogP contribution in [0.4, 0.5) is 5.82 Å². The van der Waals surface area contributed by atoms with Crippen molar-refractivity contribution in [3.05, 3.63) is 22.3 Å². The highest BCUT2D eigenvalue weighted by Crippen LogP contribution is 2.22. The monoisotopic (exact) mass is 362 g/mol. The summed E-state index contributed by atoms with van der Waals surface area (Å²) in [6.07, 6.45) is 2.31. The van der Waals surface area contributed by atoms with E-state index in [2.05, 4.69) is 67.7 Å². The first-order valence-corrected chi connectivity index (χ1v) is 8.01. The van der Waals surface area contributed by atoms with E-state index in [0.29, 0.717) is 6.04 Å². The maximum Gasteiger partial charge on any atom is 0.129 e. The van der Waals surface area contributed by atoms with E-state index in [1.165, 1.54) is 0 Å². The van der Waals surface area contributed by atoms with Gasteiger partial charge in [0.25, 0.3) is 0 Å². The van der Waals surface area contributed by atoms with Crippen LogP contribution in [0.15, 0.2) is 16.6 Å². The van der Waals surface area contributed by atoms with Crippen molar-refractivity contribution >= 4 is 37.7 Å². The molecule has 0 unspecified atom stereocenters. The molecule has 4 heteroatoms. The van der Waals surface area contributed by atoms with Crippen LogP contribution in [0.2, 0.25) is 0 Å². The molecule has 96 valence electrons. The molecule has 0 aliphatic rings. The largest absolute Gasteiger partial charge is 0.353 e. The van der Waals surface area contributed by atoms with Crippen molar-refractivity contribution in [3.8, 4) is 0 Å². The third-order valence-corrected chi connectivity index (χ3v) is 4.20. The molecule has 0 N–H and O–H groups in total. The number of alkyl halides is 1. The molecule has 0 saturated carbocycles. The molecule has 0 spiro atoms. The van der Waals surface area contributed by atoms with Gasteiger partial charge in [-0.1, -0.05) is 29.8 Å². The van der Waals surface area contributed by atoms with Crippen LogP contribution in [-0.4, -0.2) is 22.9 Å². The smallest absolute Gasteiger partial charge is 0.129 e. The molecule has 0 aromatic carbocycles. The van der Waals surface area contributed by atoms with Crippen molar-refractivity contribution in [3.63, 3.8) is 0 Å². The van der Waals surface area contributed by atoms with Gasteiger partial charge in [0.15, 0.2) is 0 Å². The van der Waals surface area contributed by atoms with Crippen molar-refractivity contribution in [2.75, 3.05) is 16.8 Å². The second kappa shape index (κ2) is 7.37. The molecule has 1 rings (SSSR count). The zero-order chi connectivity index (χ0) is 12.8. The van der Waals surface area contributed by atoms with Gasteiger partial charge in [-0.15, -0.1) is 0 Å². The van der Waals surface area contributed by atoms with Gasteiger partial charge >= 0.3 is 0 Å². The molecule has 1 aromatic heterocycles. The van der Waals surface area contributed by atoms with Gasteiger partial charge in [0, 0.05) is 22.4 Å². The van der Waals surface area contributed by atoms with Gasteiger partial charge in [-0.25, -0.2) is 4.98 Å². The summed E-state index contributed by atoms with van der Waals surface area (Å²) in [5, 5.41) is 0.973. The van der Waals surface area contributed by atoms with E-state index < -0.39 is 0 Å². The third kappa shape index (κ3) is 3.95. The van der Waals surface area contributed by atoms with Crippen molar-refractivity contribution < 1.29 is 0 Å². The lowest BCUT2D eigenvalue weighted by atomic mass is 10.1. The van der Waals surface area contributed by atoms with E-state index in [1.54, 1.807) is 0 Å². The highest BCUT2D eigenvalue weighted by atomic mass is 79.9. The van der Waals surface area contributed by atoms with Gasteiger partial charge in [-0.05, 0) is 47.8 Å². The van der Waals surface area contributed by atoms with Crippen molar-refractivity contribution in [2.24, 2.45) is 0 Å². The Hall–Kier alpha value is -0.0900. The summed E-state index contributed by atoms with van der Waals surface area (Å²) in [5.74, 6) is 1.08. The summed E-state index contributed by atoms with van der Waals surface area (Å²) in [5.41, 5.74) is 1.05. The summed E-state index contributed by atoms with van der Waals surface area (Å²) in [6.45, 7) is 7.51. The number of rotatable bonds is 6. The first kappa shape index (κ1) is 15.0. The van der Waals surface area contributed by atoms with Gasteiger partial charge in [0.2, 0.25) is 0 Å². The van der Waals surface area contributed by atoms with Crippen LogP contribution >= 0.6 is 31.9 Å². The number of hydrogen-bond donors (Lipinski definition) is 0. The molecule has 0 fully saturated rings. The number of aryl methyl sites for hydroxylation is 1. The molecule has 0 saturated heterocycles. The molecule has 0 aliphatic heterocycles. The summed E-state index contributed by atoms with van der Waals surface area (Å²) in [6, 6.07) is 4.75. The number of halogens is 2. The van der Waals surface area contributed by atoms with Crippen LogP contribution in [0.1, 0.15) is 32.4 Å². The minimum atomic E-state index is 0.570. The summed E-state index contributed by atoms with van der Waals surface area (Å²) in [7, 11) is 0. The highest BCUT2D eigenvalue weighted by Gasteiger charge is 2.16.